The van der Waals surface area contributed by atoms with Crippen molar-refractivity contribution in [3.05, 3.63) is 69.4 Å². The fourth-order valence-corrected chi connectivity index (χ4v) is 3.00. The maximum atomic E-state index is 13.2. The minimum atomic E-state index is -0.563. The first-order valence-electron chi connectivity index (χ1n) is 6.83. The molecule has 0 saturated carbocycles. The van der Waals surface area contributed by atoms with Crippen LogP contribution in [0.1, 0.15) is 16.7 Å². The molecular formula is C17H19BrFNO. The van der Waals surface area contributed by atoms with Gasteiger partial charge in [0.2, 0.25) is 0 Å². The fourth-order valence-electron chi connectivity index (χ4n) is 2.51. The van der Waals surface area contributed by atoms with Crippen molar-refractivity contribution in [1.82, 2.24) is 0 Å². The monoisotopic (exact) mass is 351 g/mol. The van der Waals surface area contributed by atoms with Crippen LogP contribution in [0.3, 0.4) is 0 Å². The number of aryl methyl sites for hydroxylation is 1. The molecule has 0 bridgehead atoms. The highest BCUT2D eigenvalue weighted by molar-refractivity contribution is 9.10. The van der Waals surface area contributed by atoms with Gasteiger partial charge in [0, 0.05) is 16.4 Å². The zero-order valence-corrected chi connectivity index (χ0v) is 13.5. The third kappa shape index (κ3) is 3.51. The van der Waals surface area contributed by atoms with Gasteiger partial charge in [-0.25, -0.2) is 4.39 Å². The second-order valence-electron chi connectivity index (χ2n) is 5.42. The molecule has 2 aromatic carbocycles. The topological polar surface area (TPSA) is 46.2 Å². The number of hydrogen-bond donors (Lipinski definition) is 2. The summed E-state index contributed by atoms with van der Waals surface area (Å²) in [4.78, 5) is 0. The Bertz CT molecular complexity index is 626. The lowest BCUT2D eigenvalue weighted by molar-refractivity contribution is 0.196. The number of benzene rings is 2. The number of nitrogens with two attached hydrogens (primary N) is 1. The molecule has 112 valence electrons. The van der Waals surface area contributed by atoms with Gasteiger partial charge >= 0.3 is 0 Å². The standard InChI is InChI=1S/C17H19BrFNO/c1-12-3-2-4-14(7-12)17(10-20,11-21)9-13-5-6-15(19)8-16(13)18/h2-8,21H,9-11,20H2,1H3. The van der Waals surface area contributed by atoms with E-state index in [1.54, 1.807) is 6.07 Å². The van der Waals surface area contributed by atoms with E-state index in [4.69, 9.17) is 5.73 Å². The van der Waals surface area contributed by atoms with Gasteiger partial charge in [0.05, 0.1) is 6.61 Å². The highest BCUT2D eigenvalue weighted by Crippen LogP contribution is 2.31. The van der Waals surface area contributed by atoms with Crippen LogP contribution in [0.15, 0.2) is 46.9 Å². The van der Waals surface area contributed by atoms with E-state index >= 15 is 0 Å². The van der Waals surface area contributed by atoms with E-state index in [-0.39, 0.29) is 12.4 Å². The normalized spacial score (nSPS) is 14.0. The summed E-state index contributed by atoms with van der Waals surface area (Å²) in [5.74, 6) is -0.288. The fraction of sp³-hybridized carbons (Fsp3) is 0.294. The van der Waals surface area contributed by atoms with Gasteiger partial charge in [-0.2, -0.15) is 0 Å². The van der Waals surface area contributed by atoms with Crippen molar-refractivity contribution in [3.63, 3.8) is 0 Å². The van der Waals surface area contributed by atoms with E-state index in [1.165, 1.54) is 12.1 Å². The molecule has 1 atom stereocenters. The molecule has 4 heteroatoms. The van der Waals surface area contributed by atoms with Crippen LogP contribution in [0.5, 0.6) is 0 Å². The predicted molar refractivity (Wildman–Crippen MR) is 86.8 cm³/mol. The van der Waals surface area contributed by atoms with Crippen LogP contribution in [-0.2, 0) is 11.8 Å². The molecule has 2 aromatic rings. The lowest BCUT2D eigenvalue weighted by Gasteiger charge is -2.32. The molecule has 2 rings (SSSR count). The van der Waals surface area contributed by atoms with Gasteiger partial charge in [-0.3, -0.25) is 0 Å². The van der Waals surface area contributed by atoms with Crippen LogP contribution in [0.2, 0.25) is 0 Å². The molecule has 3 N–H and O–H groups in total. The van der Waals surface area contributed by atoms with Gasteiger partial charge in [-0.15, -0.1) is 0 Å². The molecule has 0 aliphatic heterocycles. The summed E-state index contributed by atoms with van der Waals surface area (Å²) in [6, 6.07) is 12.6. The molecule has 21 heavy (non-hydrogen) atoms. The van der Waals surface area contributed by atoms with Gasteiger partial charge in [0.1, 0.15) is 5.82 Å². The molecule has 2 nitrogen and oxygen atoms in total. The maximum absolute atomic E-state index is 13.2. The zero-order valence-electron chi connectivity index (χ0n) is 11.9. The molecule has 0 fully saturated rings. The highest BCUT2D eigenvalue weighted by Gasteiger charge is 2.31. The van der Waals surface area contributed by atoms with Crippen LogP contribution in [0.4, 0.5) is 4.39 Å². The first-order valence-corrected chi connectivity index (χ1v) is 7.62. The smallest absolute Gasteiger partial charge is 0.124 e. The third-order valence-corrected chi connectivity index (χ3v) is 4.61. The molecular weight excluding hydrogens is 333 g/mol. The summed E-state index contributed by atoms with van der Waals surface area (Å²) in [6.45, 7) is 2.27. The molecule has 0 radical (unpaired) electrons. The second-order valence-corrected chi connectivity index (χ2v) is 6.28. The zero-order chi connectivity index (χ0) is 15.5. The van der Waals surface area contributed by atoms with Crippen LogP contribution < -0.4 is 5.73 Å². The summed E-state index contributed by atoms with van der Waals surface area (Å²) in [6.07, 6.45) is 0.546. The molecule has 0 heterocycles. The Morgan fingerprint density at radius 2 is 2.00 bits per heavy atom. The predicted octanol–water partition coefficient (Wildman–Crippen LogP) is 3.33. The van der Waals surface area contributed by atoms with Crippen LogP contribution >= 0.6 is 15.9 Å². The summed E-state index contributed by atoms with van der Waals surface area (Å²) >= 11 is 3.38. The van der Waals surface area contributed by atoms with E-state index in [1.807, 2.05) is 31.2 Å². The lowest BCUT2D eigenvalue weighted by atomic mass is 9.76. The van der Waals surface area contributed by atoms with Gasteiger partial charge in [0.15, 0.2) is 0 Å². The maximum Gasteiger partial charge on any atom is 0.124 e. The van der Waals surface area contributed by atoms with Crippen LogP contribution in [0.25, 0.3) is 0 Å². The quantitative estimate of drug-likeness (QED) is 0.867. The van der Waals surface area contributed by atoms with Crippen molar-refractivity contribution in [3.8, 4) is 0 Å². The second kappa shape index (κ2) is 6.69. The number of aliphatic hydroxyl groups excluding tert-OH is 1. The van der Waals surface area contributed by atoms with Crippen molar-refractivity contribution >= 4 is 15.9 Å². The SMILES string of the molecule is Cc1cccc(C(CN)(CO)Cc2ccc(F)cc2Br)c1. The molecule has 1 unspecified atom stereocenters. The number of hydrogen-bond acceptors (Lipinski definition) is 2. The van der Waals surface area contributed by atoms with Gasteiger partial charge in [-0.1, -0.05) is 51.8 Å². The molecule has 0 saturated heterocycles. The Morgan fingerprint density at radius 1 is 1.24 bits per heavy atom. The highest BCUT2D eigenvalue weighted by atomic mass is 79.9. The Hall–Kier alpha value is -1.23. The first-order chi connectivity index (χ1) is 10.0. The van der Waals surface area contributed by atoms with E-state index in [9.17, 15) is 9.50 Å². The molecule has 0 spiro atoms. The van der Waals surface area contributed by atoms with Crippen molar-refractivity contribution in [2.45, 2.75) is 18.8 Å². The van der Waals surface area contributed by atoms with Gasteiger partial charge < -0.3 is 10.8 Å². The minimum absolute atomic E-state index is 0.0588. The third-order valence-electron chi connectivity index (χ3n) is 3.87. The van der Waals surface area contributed by atoms with Gasteiger partial charge in [0.25, 0.3) is 0 Å². The van der Waals surface area contributed by atoms with E-state index in [0.29, 0.717) is 17.4 Å². The Kier molecular flexibility index (Phi) is 5.14. The summed E-state index contributed by atoms with van der Waals surface area (Å²) < 4.78 is 13.9. The number of aliphatic hydroxyl groups is 1. The largest absolute Gasteiger partial charge is 0.395 e. The minimum Gasteiger partial charge on any atom is -0.395 e. The van der Waals surface area contributed by atoms with Crippen molar-refractivity contribution in [1.29, 1.82) is 0 Å². The van der Waals surface area contributed by atoms with Crippen molar-refractivity contribution in [2.75, 3.05) is 13.2 Å². The number of rotatable bonds is 5. The molecule has 0 aliphatic carbocycles. The average Bonchev–Trinajstić information content (AvgIpc) is 2.47. The Balaban J connectivity index is 2.43. The summed E-state index contributed by atoms with van der Waals surface area (Å²) in [5, 5.41) is 9.96. The van der Waals surface area contributed by atoms with E-state index in [0.717, 1.165) is 16.7 Å². The first kappa shape index (κ1) is 16.1. The molecule has 0 aliphatic rings. The van der Waals surface area contributed by atoms with Crippen molar-refractivity contribution in [2.24, 2.45) is 5.73 Å². The summed E-state index contributed by atoms with van der Waals surface area (Å²) in [7, 11) is 0. The Labute approximate surface area is 132 Å². The average molecular weight is 352 g/mol. The lowest BCUT2D eigenvalue weighted by Crippen LogP contribution is -2.41. The summed E-state index contributed by atoms with van der Waals surface area (Å²) in [5.41, 5.74) is 8.47. The van der Waals surface area contributed by atoms with Crippen LogP contribution in [-0.4, -0.2) is 18.3 Å². The molecule has 0 amide bonds. The Morgan fingerprint density at radius 3 is 2.57 bits per heavy atom. The van der Waals surface area contributed by atoms with Gasteiger partial charge in [-0.05, 0) is 36.6 Å². The van der Waals surface area contributed by atoms with E-state index < -0.39 is 5.41 Å². The van der Waals surface area contributed by atoms with Crippen molar-refractivity contribution < 1.29 is 9.50 Å². The number of halogens is 2. The molecule has 0 aromatic heterocycles. The van der Waals surface area contributed by atoms with E-state index in [2.05, 4.69) is 15.9 Å². The van der Waals surface area contributed by atoms with Crippen LogP contribution in [0, 0.1) is 12.7 Å².